The monoisotopic (exact) mass is 338 g/mol. The molecule has 134 valence electrons. The van der Waals surface area contributed by atoms with Gasteiger partial charge in [-0.3, -0.25) is 14.3 Å². The molecule has 0 aliphatic heterocycles. The van der Waals surface area contributed by atoms with Gasteiger partial charge in [0, 0.05) is 20.7 Å². The number of fused-ring (bicyclic) bond motifs is 1. The molecule has 0 fully saturated rings. The van der Waals surface area contributed by atoms with Gasteiger partial charge < -0.3 is 14.2 Å². The molecule has 0 aliphatic rings. The molecule has 0 bridgehead atoms. The lowest BCUT2D eigenvalue weighted by Gasteiger charge is -2.18. The number of nitrogens with zero attached hydrogens (tertiary/aromatic N) is 3. The van der Waals surface area contributed by atoms with Crippen molar-refractivity contribution in [1.29, 1.82) is 0 Å². The van der Waals surface area contributed by atoms with Gasteiger partial charge in [0.1, 0.15) is 6.54 Å². The van der Waals surface area contributed by atoms with Crippen molar-refractivity contribution >= 4 is 11.2 Å². The van der Waals surface area contributed by atoms with E-state index in [1.807, 2.05) is 4.57 Å². The first-order valence-electron chi connectivity index (χ1n) is 8.54. The zero-order chi connectivity index (χ0) is 17.7. The molecule has 2 rings (SSSR count). The van der Waals surface area contributed by atoms with E-state index in [0.29, 0.717) is 24.3 Å². The quantitative estimate of drug-likeness (QED) is 0.631. The first-order chi connectivity index (χ1) is 11.5. The number of hydrogen-bond acceptors (Lipinski definition) is 4. The topological polar surface area (TPSA) is 86.4 Å². The van der Waals surface area contributed by atoms with Gasteiger partial charge in [-0.1, -0.05) is 13.8 Å². The Morgan fingerprint density at radius 3 is 2.46 bits per heavy atom. The molecule has 8 heteroatoms. The summed E-state index contributed by atoms with van der Waals surface area (Å²) in [5.74, 6) is 0.825. The van der Waals surface area contributed by atoms with Gasteiger partial charge in [-0.25, -0.2) is 9.78 Å². The van der Waals surface area contributed by atoms with E-state index in [9.17, 15) is 9.59 Å². The molecule has 2 heterocycles. The second-order valence-electron chi connectivity index (χ2n) is 6.09. The van der Waals surface area contributed by atoms with Crippen molar-refractivity contribution in [1.82, 2.24) is 19.1 Å². The van der Waals surface area contributed by atoms with Gasteiger partial charge in [0.25, 0.3) is 5.56 Å². The van der Waals surface area contributed by atoms with Crippen LogP contribution in [-0.2, 0) is 24.9 Å². The Morgan fingerprint density at radius 2 is 1.88 bits per heavy atom. The summed E-state index contributed by atoms with van der Waals surface area (Å²) in [6.07, 6.45) is 2.18. The Balaban J connectivity index is 2.55. The number of aromatic amines is 1. The molecule has 2 aromatic heterocycles. The predicted molar refractivity (Wildman–Crippen MR) is 92.5 cm³/mol. The van der Waals surface area contributed by atoms with Gasteiger partial charge in [-0.15, -0.1) is 0 Å². The molecule has 0 spiro atoms. The summed E-state index contributed by atoms with van der Waals surface area (Å²) in [5.41, 5.74) is 0.0379. The Labute approximate surface area is 141 Å². The normalized spacial score (nSPS) is 11.7. The van der Waals surface area contributed by atoms with Gasteiger partial charge in [0.15, 0.2) is 17.0 Å². The van der Waals surface area contributed by atoms with Gasteiger partial charge >= 0.3 is 5.69 Å². The largest absolute Gasteiger partial charge is 0.383 e. The first kappa shape index (κ1) is 18.4. The van der Waals surface area contributed by atoms with Gasteiger partial charge in [0.05, 0.1) is 19.7 Å². The highest BCUT2D eigenvalue weighted by Crippen LogP contribution is 2.10. The highest BCUT2D eigenvalue weighted by molar-refractivity contribution is 5.70. The molecule has 0 aromatic carbocycles. The van der Waals surface area contributed by atoms with Crippen molar-refractivity contribution in [2.45, 2.75) is 39.8 Å². The van der Waals surface area contributed by atoms with Crippen LogP contribution in [0.4, 0.5) is 0 Å². The van der Waals surface area contributed by atoms with Crippen LogP contribution >= 0.6 is 0 Å². The zero-order valence-electron chi connectivity index (χ0n) is 15.0. The highest BCUT2D eigenvalue weighted by atomic mass is 16.5. The Morgan fingerprint density at radius 1 is 1.21 bits per heavy atom. The molecule has 24 heavy (non-hydrogen) atoms. The Bertz CT molecular complexity index is 783. The smallest absolute Gasteiger partial charge is 0.329 e. The van der Waals surface area contributed by atoms with Crippen LogP contribution in [-0.4, -0.2) is 45.9 Å². The molecule has 0 saturated carbocycles. The number of rotatable bonds is 9. The number of aryl methyl sites for hydroxylation is 1. The molecule has 0 aliphatic carbocycles. The Kier molecular flexibility index (Phi) is 6.33. The lowest BCUT2D eigenvalue weighted by Crippen LogP contribution is -3.10. The minimum Gasteiger partial charge on any atom is -0.383 e. The summed E-state index contributed by atoms with van der Waals surface area (Å²) in [7, 11) is 3.26. The number of ether oxygens (including phenoxy) is 1. The molecular weight excluding hydrogens is 310 g/mol. The van der Waals surface area contributed by atoms with Crippen molar-refractivity contribution < 1.29 is 9.64 Å². The lowest BCUT2D eigenvalue weighted by molar-refractivity contribution is -0.914. The maximum atomic E-state index is 12.3. The second-order valence-corrected chi connectivity index (χ2v) is 6.09. The van der Waals surface area contributed by atoms with E-state index in [4.69, 9.17) is 4.74 Å². The fourth-order valence-corrected chi connectivity index (χ4v) is 3.07. The first-order valence-corrected chi connectivity index (χ1v) is 8.54. The molecule has 8 nitrogen and oxygen atoms in total. The summed E-state index contributed by atoms with van der Waals surface area (Å²) in [6.45, 7) is 8.18. The lowest BCUT2D eigenvalue weighted by atomic mass is 10.3. The third-order valence-corrected chi connectivity index (χ3v) is 4.22. The third-order valence-electron chi connectivity index (χ3n) is 4.22. The number of imidazole rings is 1. The van der Waals surface area contributed by atoms with E-state index in [-0.39, 0.29) is 0 Å². The predicted octanol–water partition coefficient (Wildman–Crippen LogP) is -0.725. The molecule has 0 amide bonds. The number of aromatic nitrogens is 4. The van der Waals surface area contributed by atoms with Gasteiger partial charge in [0.2, 0.25) is 0 Å². The third kappa shape index (κ3) is 3.76. The summed E-state index contributed by atoms with van der Waals surface area (Å²) in [6, 6.07) is 0. The molecule has 0 unspecified atom stereocenters. The van der Waals surface area contributed by atoms with Crippen LogP contribution in [0.15, 0.2) is 9.59 Å². The minimum atomic E-state index is -0.443. The van der Waals surface area contributed by atoms with Crippen molar-refractivity contribution in [3.8, 4) is 0 Å². The summed E-state index contributed by atoms with van der Waals surface area (Å²) < 4.78 is 8.46. The number of hydrogen-bond donors (Lipinski definition) is 2. The van der Waals surface area contributed by atoms with Crippen molar-refractivity contribution in [2.24, 2.45) is 7.05 Å². The van der Waals surface area contributed by atoms with Crippen LogP contribution in [0.3, 0.4) is 0 Å². The van der Waals surface area contributed by atoms with Crippen LogP contribution in [0.2, 0.25) is 0 Å². The molecular formula is C16H28N5O3+. The van der Waals surface area contributed by atoms with E-state index < -0.39 is 11.2 Å². The molecule has 0 saturated heterocycles. The van der Waals surface area contributed by atoms with Crippen molar-refractivity contribution in [3.63, 3.8) is 0 Å². The number of methoxy groups -OCH3 is 1. The maximum absolute atomic E-state index is 12.3. The minimum absolute atomic E-state index is 0.393. The van der Waals surface area contributed by atoms with E-state index in [1.165, 1.54) is 9.47 Å². The van der Waals surface area contributed by atoms with E-state index >= 15 is 0 Å². The fourth-order valence-electron chi connectivity index (χ4n) is 3.07. The second kappa shape index (κ2) is 8.25. The maximum Gasteiger partial charge on any atom is 0.329 e. The fraction of sp³-hybridized carbons (Fsp3) is 0.688. The van der Waals surface area contributed by atoms with Crippen molar-refractivity contribution in [2.75, 3.05) is 26.8 Å². The zero-order valence-corrected chi connectivity index (χ0v) is 15.0. The van der Waals surface area contributed by atoms with Crippen LogP contribution < -0.4 is 16.1 Å². The van der Waals surface area contributed by atoms with Gasteiger partial charge in [-0.2, -0.15) is 0 Å². The number of H-pyrrole nitrogens is 1. The molecule has 2 N–H and O–H groups in total. The van der Waals surface area contributed by atoms with Crippen LogP contribution in [0, 0.1) is 0 Å². The molecule has 2 aromatic rings. The SMILES string of the molecule is CCC[NH+](CCC)Cc1nc2c(c(=O)[nH]c(=O)n2C)n1CCOC. The van der Waals surface area contributed by atoms with Crippen LogP contribution in [0.1, 0.15) is 32.5 Å². The van der Waals surface area contributed by atoms with Crippen molar-refractivity contribution in [3.05, 3.63) is 26.7 Å². The van der Waals surface area contributed by atoms with Gasteiger partial charge in [-0.05, 0) is 12.8 Å². The van der Waals surface area contributed by atoms with E-state index in [0.717, 1.165) is 38.3 Å². The van der Waals surface area contributed by atoms with E-state index in [1.54, 1.807) is 14.2 Å². The van der Waals surface area contributed by atoms with Crippen LogP contribution in [0.25, 0.3) is 11.2 Å². The van der Waals surface area contributed by atoms with Crippen LogP contribution in [0.5, 0.6) is 0 Å². The number of quaternary nitrogens is 1. The average Bonchev–Trinajstić information content (AvgIpc) is 2.90. The average molecular weight is 338 g/mol. The summed E-state index contributed by atoms with van der Waals surface area (Å²) in [5, 5.41) is 0. The standard InChI is InChI=1S/C16H27N5O3/c1-5-7-20(8-6-2)11-12-17-14-13(21(12)9-10-24-4)15(22)18-16(23)19(14)3/h5-11H2,1-4H3,(H,18,22,23)/p+1. The van der Waals surface area contributed by atoms with E-state index in [2.05, 4.69) is 23.8 Å². The Hall–Kier alpha value is -1.93. The highest BCUT2D eigenvalue weighted by Gasteiger charge is 2.20. The number of nitrogens with one attached hydrogen (secondary N) is 2. The summed E-state index contributed by atoms with van der Waals surface area (Å²) >= 11 is 0. The molecule has 0 atom stereocenters. The summed E-state index contributed by atoms with van der Waals surface area (Å²) in [4.78, 5) is 32.6. The molecule has 0 radical (unpaired) electrons.